The SMILES string of the molecule is CCCCCCCOc1ccc(OC(=O)c2cc([N+](=O)[O-])c(OC(C)CCCCCC)cc2N)cc1. The van der Waals surface area contributed by atoms with Gasteiger partial charge in [0.05, 0.1) is 28.9 Å². The van der Waals surface area contributed by atoms with Gasteiger partial charge >= 0.3 is 11.7 Å². The highest BCUT2D eigenvalue weighted by atomic mass is 16.6. The third kappa shape index (κ3) is 9.76. The van der Waals surface area contributed by atoms with E-state index in [0.717, 1.165) is 51.0 Å². The zero-order valence-electron chi connectivity index (χ0n) is 21.8. The van der Waals surface area contributed by atoms with Crippen molar-refractivity contribution in [2.24, 2.45) is 0 Å². The molecular weight excluding hydrogens is 460 g/mol. The average molecular weight is 501 g/mol. The molecule has 0 aromatic heterocycles. The Morgan fingerprint density at radius 1 is 0.944 bits per heavy atom. The Hall–Kier alpha value is -3.29. The lowest BCUT2D eigenvalue weighted by molar-refractivity contribution is -0.386. The van der Waals surface area contributed by atoms with Gasteiger partial charge in [0.25, 0.3) is 0 Å². The monoisotopic (exact) mass is 500 g/mol. The lowest BCUT2D eigenvalue weighted by Gasteiger charge is -2.16. The highest BCUT2D eigenvalue weighted by Gasteiger charge is 2.24. The molecule has 0 aliphatic rings. The first kappa shape index (κ1) is 28.9. The second-order valence-electron chi connectivity index (χ2n) is 9.07. The molecule has 0 aliphatic carbocycles. The first-order chi connectivity index (χ1) is 17.3. The van der Waals surface area contributed by atoms with E-state index in [9.17, 15) is 14.9 Å². The van der Waals surface area contributed by atoms with Crippen molar-refractivity contribution in [1.29, 1.82) is 0 Å². The minimum Gasteiger partial charge on any atom is -0.494 e. The van der Waals surface area contributed by atoms with E-state index < -0.39 is 10.9 Å². The van der Waals surface area contributed by atoms with E-state index in [0.29, 0.717) is 18.1 Å². The highest BCUT2D eigenvalue weighted by molar-refractivity contribution is 5.97. The van der Waals surface area contributed by atoms with Crippen LogP contribution in [0.1, 0.15) is 95.3 Å². The number of esters is 1. The molecular formula is C28H40N2O6. The summed E-state index contributed by atoms with van der Waals surface area (Å²) in [6.45, 7) is 6.82. The summed E-state index contributed by atoms with van der Waals surface area (Å²) in [5, 5.41) is 11.7. The summed E-state index contributed by atoms with van der Waals surface area (Å²) in [6.07, 6.45) is 10.7. The summed E-state index contributed by atoms with van der Waals surface area (Å²) in [4.78, 5) is 23.8. The van der Waals surface area contributed by atoms with Crippen LogP contribution in [0.2, 0.25) is 0 Å². The zero-order chi connectivity index (χ0) is 26.3. The molecule has 0 amide bonds. The number of benzene rings is 2. The van der Waals surface area contributed by atoms with Gasteiger partial charge in [-0.05, 0) is 50.5 Å². The summed E-state index contributed by atoms with van der Waals surface area (Å²) >= 11 is 0. The summed E-state index contributed by atoms with van der Waals surface area (Å²) < 4.78 is 16.9. The van der Waals surface area contributed by atoms with Gasteiger partial charge in [0.15, 0.2) is 5.75 Å². The fourth-order valence-electron chi connectivity index (χ4n) is 3.79. The molecule has 1 atom stereocenters. The minimum absolute atomic E-state index is 0.0493. The van der Waals surface area contributed by atoms with Gasteiger partial charge in [0.2, 0.25) is 0 Å². The molecule has 0 saturated carbocycles. The molecule has 2 rings (SSSR count). The summed E-state index contributed by atoms with van der Waals surface area (Å²) in [7, 11) is 0. The van der Waals surface area contributed by atoms with E-state index in [1.54, 1.807) is 24.3 Å². The Kier molecular flexibility index (Phi) is 12.6. The topological polar surface area (TPSA) is 114 Å². The second-order valence-corrected chi connectivity index (χ2v) is 9.07. The largest absolute Gasteiger partial charge is 0.494 e. The number of ether oxygens (including phenoxy) is 3. The third-order valence-electron chi connectivity index (χ3n) is 5.89. The molecule has 2 N–H and O–H groups in total. The van der Waals surface area contributed by atoms with Crippen LogP contribution >= 0.6 is 0 Å². The van der Waals surface area contributed by atoms with Crippen molar-refractivity contribution >= 4 is 17.3 Å². The fourth-order valence-corrected chi connectivity index (χ4v) is 3.79. The van der Waals surface area contributed by atoms with Crippen molar-refractivity contribution in [3.63, 3.8) is 0 Å². The van der Waals surface area contributed by atoms with Crippen LogP contribution in [-0.4, -0.2) is 23.6 Å². The number of carbonyl (C=O) groups is 1. The second kappa shape index (κ2) is 15.7. The standard InChI is InChI=1S/C28H40N2O6/c1-4-6-8-10-12-18-34-22-14-16-23(17-15-22)36-28(31)24-19-26(30(32)33)27(20-25(24)29)35-21(3)13-11-9-7-5-2/h14-17,19-21H,4-13,18,29H2,1-3H3. The Morgan fingerprint density at radius 2 is 1.56 bits per heavy atom. The van der Waals surface area contributed by atoms with Crippen LogP contribution in [0, 0.1) is 10.1 Å². The molecule has 0 spiro atoms. The highest BCUT2D eigenvalue weighted by Crippen LogP contribution is 2.34. The number of nitro groups is 1. The number of anilines is 1. The first-order valence-electron chi connectivity index (χ1n) is 13.0. The van der Waals surface area contributed by atoms with Gasteiger partial charge in [-0.15, -0.1) is 0 Å². The summed E-state index contributed by atoms with van der Waals surface area (Å²) in [5.74, 6) is 0.247. The van der Waals surface area contributed by atoms with Gasteiger partial charge in [-0.2, -0.15) is 0 Å². The molecule has 0 aliphatic heterocycles. The van der Waals surface area contributed by atoms with Crippen LogP contribution in [-0.2, 0) is 0 Å². The number of nitrogens with two attached hydrogens (primary N) is 1. The van der Waals surface area contributed by atoms with Gasteiger partial charge in [-0.25, -0.2) is 4.79 Å². The Bertz CT molecular complexity index is 961. The molecule has 0 saturated heterocycles. The summed E-state index contributed by atoms with van der Waals surface area (Å²) in [5.41, 5.74) is 5.71. The van der Waals surface area contributed by atoms with Gasteiger partial charge in [-0.3, -0.25) is 10.1 Å². The maximum atomic E-state index is 12.7. The van der Waals surface area contributed by atoms with E-state index in [2.05, 4.69) is 13.8 Å². The number of nitrogen functional groups attached to an aromatic ring is 1. The maximum absolute atomic E-state index is 12.7. The average Bonchev–Trinajstić information content (AvgIpc) is 2.85. The number of hydrogen-bond acceptors (Lipinski definition) is 7. The van der Waals surface area contributed by atoms with Crippen molar-refractivity contribution in [3.8, 4) is 17.2 Å². The van der Waals surface area contributed by atoms with Crippen molar-refractivity contribution < 1.29 is 23.9 Å². The number of carbonyl (C=O) groups excluding carboxylic acids is 1. The number of rotatable bonds is 17. The van der Waals surface area contributed by atoms with E-state index in [4.69, 9.17) is 19.9 Å². The number of nitrogens with zero attached hydrogens (tertiary/aromatic N) is 1. The molecule has 36 heavy (non-hydrogen) atoms. The lowest BCUT2D eigenvalue weighted by atomic mass is 10.1. The Morgan fingerprint density at radius 3 is 2.19 bits per heavy atom. The molecule has 8 nitrogen and oxygen atoms in total. The van der Waals surface area contributed by atoms with E-state index >= 15 is 0 Å². The van der Waals surface area contributed by atoms with E-state index in [1.807, 2.05) is 6.92 Å². The normalized spacial score (nSPS) is 11.6. The predicted molar refractivity (Wildman–Crippen MR) is 142 cm³/mol. The number of unbranched alkanes of at least 4 members (excludes halogenated alkanes) is 7. The summed E-state index contributed by atoms with van der Waals surface area (Å²) in [6, 6.07) is 9.12. The van der Waals surface area contributed by atoms with Crippen molar-refractivity contribution in [1.82, 2.24) is 0 Å². The molecule has 2 aromatic carbocycles. The van der Waals surface area contributed by atoms with Crippen LogP contribution < -0.4 is 19.9 Å². The van der Waals surface area contributed by atoms with Crippen LogP contribution in [0.3, 0.4) is 0 Å². The van der Waals surface area contributed by atoms with Gasteiger partial charge in [0.1, 0.15) is 11.5 Å². The van der Waals surface area contributed by atoms with Gasteiger partial charge in [0, 0.05) is 12.1 Å². The minimum atomic E-state index is -0.778. The molecule has 1 unspecified atom stereocenters. The molecule has 0 radical (unpaired) electrons. The molecule has 198 valence electrons. The molecule has 2 aromatic rings. The smallest absolute Gasteiger partial charge is 0.345 e. The predicted octanol–water partition coefficient (Wildman–Crippen LogP) is 7.48. The quantitative estimate of drug-likeness (QED) is 0.0598. The molecule has 0 fully saturated rings. The van der Waals surface area contributed by atoms with Crippen LogP contribution in [0.15, 0.2) is 36.4 Å². The lowest BCUT2D eigenvalue weighted by Crippen LogP contribution is -2.15. The third-order valence-corrected chi connectivity index (χ3v) is 5.89. The van der Waals surface area contributed by atoms with Crippen molar-refractivity contribution in [3.05, 3.63) is 52.1 Å². The van der Waals surface area contributed by atoms with Crippen molar-refractivity contribution in [2.75, 3.05) is 12.3 Å². The Labute approximate surface area is 214 Å². The van der Waals surface area contributed by atoms with E-state index in [-0.39, 0.29) is 28.8 Å². The van der Waals surface area contributed by atoms with Gasteiger partial charge < -0.3 is 19.9 Å². The number of nitro benzene ring substituents is 1. The first-order valence-corrected chi connectivity index (χ1v) is 13.0. The fraction of sp³-hybridized carbons (Fsp3) is 0.536. The van der Waals surface area contributed by atoms with Crippen LogP contribution in [0.25, 0.3) is 0 Å². The molecule has 8 heteroatoms. The van der Waals surface area contributed by atoms with Crippen molar-refractivity contribution in [2.45, 2.75) is 91.1 Å². The molecule has 0 heterocycles. The zero-order valence-corrected chi connectivity index (χ0v) is 21.8. The number of hydrogen-bond donors (Lipinski definition) is 1. The molecule has 0 bridgehead atoms. The van der Waals surface area contributed by atoms with E-state index in [1.165, 1.54) is 25.3 Å². The van der Waals surface area contributed by atoms with Crippen LogP contribution in [0.5, 0.6) is 17.2 Å². The van der Waals surface area contributed by atoms with Crippen LogP contribution in [0.4, 0.5) is 11.4 Å². The Balaban J connectivity index is 1.99. The maximum Gasteiger partial charge on any atom is 0.345 e. The van der Waals surface area contributed by atoms with Gasteiger partial charge in [-0.1, -0.05) is 58.8 Å².